The number of rotatable bonds is 9. The summed E-state index contributed by atoms with van der Waals surface area (Å²) in [6.45, 7) is 1.28. The van der Waals surface area contributed by atoms with Gasteiger partial charge in [-0.2, -0.15) is 4.98 Å². The average molecular weight is 563 g/mol. The number of anilines is 3. The van der Waals surface area contributed by atoms with Crippen LogP contribution in [0.3, 0.4) is 0 Å². The van der Waals surface area contributed by atoms with Gasteiger partial charge in [0.15, 0.2) is 0 Å². The Morgan fingerprint density at radius 3 is 2.08 bits per heavy atom. The SMILES string of the molecule is C.CN(C)c1nc(NCC2CCC(CNS(=O)(=O)c3cccc4c(N(C)C)cccc34)CC2)nc2ccccc12. The number of hydrogen-bond donors (Lipinski definition) is 2. The first-order chi connectivity index (χ1) is 18.7. The van der Waals surface area contributed by atoms with E-state index >= 15 is 0 Å². The lowest BCUT2D eigenvalue weighted by molar-refractivity contribution is 0.284. The minimum atomic E-state index is -3.62. The summed E-state index contributed by atoms with van der Waals surface area (Å²) in [6, 6.07) is 19.4. The molecule has 8 nitrogen and oxygen atoms in total. The first kappa shape index (κ1) is 29.6. The molecule has 4 aromatic rings. The Morgan fingerprint density at radius 1 is 0.750 bits per heavy atom. The number of fused-ring (bicyclic) bond motifs is 2. The van der Waals surface area contributed by atoms with E-state index < -0.39 is 10.0 Å². The Balaban J connectivity index is 0.00000370. The number of nitrogens with one attached hydrogen (secondary N) is 2. The summed E-state index contributed by atoms with van der Waals surface area (Å²) in [5.74, 6) is 2.40. The smallest absolute Gasteiger partial charge is 0.241 e. The molecule has 0 spiro atoms. The molecule has 0 aliphatic heterocycles. The van der Waals surface area contributed by atoms with Crippen molar-refractivity contribution in [2.45, 2.75) is 38.0 Å². The highest BCUT2D eigenvalue weighted by atomic mass is 32.2. The number of hydrogen-bond acceptors (Lipinski definition) is 7. The summed E-state index contributed by atoms with van der Waals surface area (Å²) >= 11 is 0. The van der Waals surface area contributed by atoms with Gasteiger partial charge >= 0.3 is 0 Å². The molecule has 0 radical (unpaired) electrons. The number of sulfonamides is 1. The third-order valence-electron chi connectivity index (χ3n) is 7.71. The molecule has 2 N–H and O–H groups in total. The molecule has 1 heterocycles. The van der Waals surface area contributed by atoms with Crippen LogP contribution >= 0.6 is 0 Å². The zero-order chi connectivity index (χ0) is 27.6. The molecule has 3 aromatic carbocycles. The van der Waals surface area contributed by atoms with Crippen molar-refractivity contribution in [2.75, 3.05) is 56.4 Å². The minimum absolute atomic E-state index is 0. The number of nitrogens with zero attached hydrogens (tertiary/aromatic N) is 4. The lowest BCUT2D eigenvalue weighted by atomic mass is 9.82. The molecule has 1 fully saturated rings. The second-order valence-corrected chi connectivity index (χ2v) is 12.7. The monoisotopic (exact) mass is 562 g/mol. The van der Waals surface area contributed by atoms with Gasteiger partial charge in [0.1, 0.15) is 5.82 Å². The van der Waals surface area contributed by atoms with Gasteiger partial charge in [-0.05, 0) is 61.8 Å². The van der Waals surface area contributed by atoms with Crippen LogP contribution in [0.15, 0.2) is 65.6 Å². The third-order valence-corrected chi connectivity index (χ3v) is 9.20. The van der Waals surface area contributed by atoms with Crippen LogP contribution in [-0.2, 0) is 10.0 Å². The van der Waals surface area contributed by atoms with Crippen LogP contribution in [0.1, 0.15) is 33.1 Å². The fourth-order valence-corrected chi connectivity index (χ4v) is 6.89. The molecule has 0 bridgehead atoms. The topological polar surface area (TPSA) is 90.5 Å². The maximum atomic E-state index is 13.3. The van der Waals surface area contributed by atoms with Gasteiger partial charge in [0, 0.05) is 63.1 Å². The lowest BCUT2D eigenvalue weighted by Crippen LogP contribution is -2.32. The largest absolute Gasteiger partial charge is 0.377 e. The molecule has 0 unspecified atom stereocenters. The molecular weight excluding hydrogens is 520 g/mol. The van der Waals surface area contributed by atoms with Crippen molar-refractivity contribution in [2.24, 2.45) is 11.8 Å². The zero-order valence-corrected chi connectivity index (χ0v) is 24.0. The molecule has 40 heavy (non-hydrogen) atoms. The molecule has 1 aromatic heterocycles. The Kier molecular flexibility index (Phi) is 9.15. The first-order valence-electron chi connectivity index (χ1n) is 13.6. The van der Waals surface area contributed by atoms with Crippen molar-refractivity contribution in [3.63, 3.8) is 0 Å². The lowest BCUT2D eigenvalue weighted by Gasteiger charge is -2.29. The van der Waals surface area contributed by atoms with E-state index in [1.165, 1.54) is 0 Å². The van der Waals surface area contributed by atoms with Gasteiger partial charge in [-0.1, -0.05) is 43.8 Å². The molecule has 1 saturated carbocycles. The van der Waals surface area contributed by atoms with E-state index in [-0.39, 0.29) is 7.43 Å². The van der Waals surface area contributed by atoms with E-state index in [1.54, 1.807) is 6.07 Å². The van der Waals surface area contributed by atoms with Crippen molar-refractivity contribution < 1.29 is 8.42 Å². The molecule has 214 valence electrons. The Bertz CT molecular complexity index is 1560. The van der Waals surface area contributed by atoms with Crippen molar-refractivity contribution in [1.82, 2.24) is 14.7 Å². The molecule has 1 aliphatic carbocycles. The summed E-state index contributed by atoms with van der Waals surface area (Å²) < 4.78 is 29.5. The van der Waals surface area contributed by atoms with Crippen molar-refractivity contribution in [1.29, 1.82) is 0 Å². The van der Waals surface area contributed by atoms with Gasteiger partial charge in [-0.3, -0.25) is 0 Å². The maximum absolute atomic E-state index is 13.3. The van der Waals surface area contributed by atoms with Crippen LogP contribution in [0.2, 0.25) is 0 Å². The number of para-hydroxylation sites is 1. The normalized spacial score (nSPS) is 17.4. The van der Waals surface area contributed by atoms with E-state index in [1.807, 2.05) is 92.6 Å². The Labute approximate surface area is 238 Å². The highest BCUT2D eigenvalue weighted by Gasteiger charge is 2.25. The van der Waals surface area contributed by atoms with Gasteiger partial charge in [-0.25, -0.2) is 18.1 Å². The van der Waals surface area contributed by atoms with Crippen LogP contribution in [-0.4, -0.2) is 59.7 Å². The fraction of sp³-hybridized carbons (Fsp3) is 0.419. The maximum Gasteiger partial charge on any atom is 0.241 e. The fourth-order valence-electron chi connectivity index (χ4n) is 5.55. The predicted octanol–water partition coefficient (Wildman–Crippen LogP) is 5.75. The second kappa shape index (κ2) is 12.4. The standard InChI is InChI=1S/C30H38N6O2S.CH4/c1-35(2)27-13-7-11-24-23(27)10-8-14-28(24)39(37,38)32-20-22-17-15-21(16-18-22)19-31-30-33-26-12-6-5-9-25(26)29(34-30)36(3)4;/h5-14,21-22,32H,15-20H2,1-4H3,(H,31,33,34);1H4. The molecule has 0 amide bonds. The molecule has 0 atom stereocenters. The minimum Gasteiger partial charge on any atom is -0.377 e. The van der Waals surface area contributed by atoms with Crippen LogP contribution in [0.25, 0.3) is 21.7 Å². The van der Waals surface area contributed by atoms with Crippen LogP contribution in [0, 0.1) is 11.8 Å². The summed E-state index contributed by atoms with van der Waals surface area (Å²) in [5.41, 5.74) is 1.93. The van der Waals surface area contributed by atoms with Crippen molar-refractivity contribution >= 4 is 49.2 Å². The first-order valence-corrected chi connectivity index (χ1v) is 15.1. The number of aromatic nitrogens is 2. The Hall–Kier alpha value is -3.43. The number of benzene rings is 3. The molecular formula is C31H42N6O2S. The molecule has 5 rings (SSSR count). The van der Waals surface area contributed by atoms with E-state index in [0.717, 1.165) is 65.4 Å². The molecule has 0 saturated heterocycles. The van der Waals surface area contributed by atoms with Gasteiger partial charge < -0.3 is 15.1 Å². The van der Waals surface area contributed by atoms with Gasteiger partial charge in [-0.15, -0.1) is 0 Å². The second-order valence-electron chi connectivity index (χ2n) is 10.9. The highest BCUT2D eigenvalue weighted by Crippen LogP contribution is 2.32. The van der Waals surface area contributed by atoms with E-state index in [2.05, 4.69) is 10.0 Å². The third kappa shape index (κ3) is 6.31. The van der Waals surface area contributed by atoms with Crippen LogP contribution < -0.4 is 19.8 Å². The zero-order valence-electron chi connectivity index (χ0n) is 23.2. The van der Waals surface area contributed by atoms with Crippen LogP contribution in [0.4, 0.5) is 17.5 Å². The van der Waals surface area contributed by atoms with Gasteiger partial charge in [0.2, 0.25) is 16.0 Å². The predicted molar refractivity (Wildman–Crippen MR) is 168 cm³/mol. The molecule has 9 heteroatoms. The van der Waals surface area contributed by atoms with Crippen molar-refractivity contribution in [3.8, 4) is 0 Å². The van der Waals surface area contributed by atoms with Gasteiger partial charge in [0.25, 0.3) is 0 Å². The summed E-state index contributed by atoms with van der Waals surface area (Å²) in [6.07, 6.45) is 4.09. The van der Waals surface area contributed by atoms with E-state index in [4.69, 9.17) is 9.97 Å². The molecule has 1 aliphatic rings. The van der Waals surface area contributed by atoms with E-state index in [0.29, 0.717) is 29.2 Å². The summed E-state index contributed by atoms with van der Waals surface area (Å²) in [4.78, 5) is 13.8. The van der Waals surface area contributed by atoms with E-state index in [9.17, 15) is 8.42 Å². The van der Waals surface area contributed by atoms with Crippen LogP contribution in [0.5, 0.6) is 0 Å². The Morgan fingerprint density at radius 2 is 1.38 bits per heavy atom. The average Bonchev–Trinajstić information content (AvgIpc) is 2.94. The van der Waals surface area contributed by atoms with Gasteiger partial charge in [0.05, 0.1) is 10.4 Å². The summed E-state index contributed by atoms with van der Waals surface area (Å²) in [5, 5.41) is 6.19. The summed E-state index contributed by atoms with van der Waals surface area (Å²) in [7, 11) is 4.31. The quantitative estimate of drug-likeness (QED) is 0.269. The van der Waals surface area contributed by atoms with Crippen molar-refractivity contribution in [3.05, 3.63) is 60.7 Å². The highest BCUT2D eigenvalue weighted by molar-refractivity contribution is 7.89.